The topological polar surface area (TPSA) is 49.3 Å². The SMILES string of the molecule is CC(C)CC(O)CNC(=O)C1Cc2ccccc21. The van der Waals surface area contributed by atoms with Gasteiger partial charge in [0.2, 0.25) is 5.91 Å². The number of amides is 1. The van der Waals surface area contributed by atoms with Crippen LogP contribution < -0.4 is 5.32 Å². The molecule has 98 valence electrons. The summed E-state index contributed by atoms with van der Waals surface area (Å²) in [6, 6.07) is 8.03. The summed E-state index contributed by atoms with van der Waals surface area (Å²) >= 11 is 0. The fourth-order valence-corrected chi connectivity index (χ4v) is 2.46. The van der Waals surface area contributed by atoms with Gasteiger partial charge in [-0.05, 0) is 29.9 Å². The number of hydrogen-bond acceptors (Lipinski definition) is 2. The molecule has 3 heteroatoms. The Labute approximate surface area is 108 Å². The van der Waals surface area contributed by atoms with Gasteiger partial charge in [0.1, 0.15) is 0 Å². The van der Waals surface area contributed by atoms with Crippen LogP contribution in [0.25, 0.3) is 0 Å². The van der Waals surface area contributed by atoms with Gasteiger partial charge in [0.25, 0.3) is 0 Å². The van der Waals surface area contributed by atoms with E-state index >= 15 is 0 Å². The number of benzene rings is 1. The van der Waals surface area contributed by atoms with Gasteiger partial charge in [0.05, 0.1) is 12.0 Å². The second kappa shape index (κ2) is 5.53. The molecule has 2 atom stereocenters. The summed E-state index contributed by atoms with van der Waals surface area (Å²) < 4.78 is 0. The van der Waals surface area contributed by atoms with Crippen LogP contribution in [-0.2, 0) is 11.2 Å². The Hall–Kier alpha value is -1.35. The van der Waals surface area contributed by atoms with Crippen molar-refractivity contribution in [3.05, 3.63) is 35.4 Å². The quantitative estimate of drug-likeness (QED) is 0.834. The molecule has 1 aliphatic rings. The van der Waals surface area contributed by atoms with Gasteiger partial charge < -0.3 is 10.4 Å². The van der Waals surface area contributed by atoms with Crippen molar-refractivity contribution in [2.24, 2.45) is 5.92 Å². The molecule has 1 aromatic carbocycles. The van der Waals surface area contributed by atoms with Gasteiger partial charge in [0, 0.05) is 6.54 Å². The highest BCUT2D eigenvalue weighted by atomic mass is 16.3. The molecule has 3 nitrogen and oxygen atoms in total. The zero-order chi connectivity index (χ0) is 13.1. The Morgan fingerprint density at radius 2 is 2.17 bits per heavy atom. The molecule has 2 rings (SSSR count). The minimum Gasteiger partial charge on any atom is -0.391 e. The van der Waals surface area contributed by atoms with E-state index in [2.05, 4.69) is 25.2 Å². The molecule has 0 fully saturated rings. The number of carbonyl (C=O) groups excluding carboxylic acids is 1. The maximum absolute atomic E-state index is 12.0. The maximum atomic E-state index is 12.0. The highest BCUT2D eigenvalue weighted by Gasteiger charge is 2.31. The predicted molar refractivity (Wildman–Crippen MR) is 71.4 cm³/mol. The largest absolute Gasteiger partial charge is 0.391 e. The fourth-order valence-electron chi connectivity index (χ4n) is 2.46. The first kappa shape index (κ1) is 13.1. The van der Waals surface area contributed by atoms with E-state index in [1.54, 1.807) is 0 Å². The number of hydrogen-bond donors (Lipinski definition) is 2. The Morgan fingerprint density at radius 1 is 1.44 bits per heavy atom. The van der Waals surface area contributed by atoms with E-state index in [0.717, 1.165) is 18.4 Å². The molecule has 1 amide bonds. The van der Waals surface area contributed by atoms with Crippen LogP contribution in [0.3, 0.4) is 0 Å². The average Bonchev–Trinajstić information content (AvgIpc) is 2.27. The van der Waals surface area contributed by atoms with Gasteiger partial charge in [-0.15, -0.1) is 0 Å². The van der Waals surface area contributed by atoms with Crippen molar-refractivity contribution < 1.29 is 9.90 Å². The Kier molecular flexibility index (Phi) is 4.02. The normalized spacial score (nSPS) is 19.0. The van der Waals surface area contributed by atoms with E-state index in [-0.39, 0.29) is 11.8 Å². The molecule has 2 unspecified atom stereocenters. The first-order valence-corrected chi connectivity index (χ1v) is 6.61. The van der Waals surface area contributed by atoms with Gasteiger partial charge in [-0.3, -0.25) is 4.79 Å². The van der Waals surface area contributed by atoms with Crippen molar-refractivity contribution in [2.75, 3.05) is 6.54 Å². The molecule has 0 aliphatic heterocycles. The lowest BCUT2D eigenvalue weighted by molar-refractivity contribution is -0.123. The molecule has 18 heavy (non-hydrogen) atoms. The smallest absolute Gasteiger partial charge is 0.227 e. The van der Waals surface area contributed by atoms with Gasteiger partial charge in [-0.2, -0.15) is 0 Å². The van der Waals surface area contributed by atoms with Crippen LogP contribution in [0.15, 0.2) is 24.3 Å². The van der Waals surface area contributed by atoms with Gasteiger partial charge in [0.15, 0.2) is 0 Å². The summed E-state index contributed by atoms with van der Waals surface area (Å²) in [6.45, 7) is 4.48. The molecule has 1 aromatic rings. The standard InChI is InChI=1S/C15H21NO2/c1-10(2)7-12(17)9-16-15(18)14-8-11-5-3-4-6-13(11)14/h3-6,10,12,14,17H,7-9H2,1-2H3,(H,16,18). The van der Waals surface area contributed by atoms with Crippen LogP contribution in [0, 0.1) is 5.92 Å². The molecule has 0 heterocycles. The molecule has 1 aliphatic carbocycles. The van der Waals surface area contributed by atoms with E-state index in [9.17, 15) is 9.90 Å². The van der Waals surface area contributed by atoms with E-state index in [1.165, 1.54) is 5.56 Å². The summed E-state index contributed by atoms with van der Waals surface area (Å²) in [4.78, 5) is 12.0. The third-order valence-corrected chi connectivity index (χ3v) is 3.43. The number of carbonyl (C=O) groups is 1. The second-order valence-electron chi connectivity index (χ2n) is 5.48. The number of rotatable bonds is 5. The van der Waals surface area contributed by atoms with Crippen LogP contribution in [0.1, 0.15) is 37.3 Å². The zero-order valence-corrected chi connectivity index (χ0v) is 11.0. The van der Waals surface area contributed by atoms with Gasteiger partial charge in [-0.1, -0.05) is 38.1 Å². The lowest BCUT2D eigenvalue weighted by Gasteiger charge is -2.29. The fraction of sp³-hybridized carbons (Fsp3) is 0.533. The highest BCUT2D eigenvalue weighted by molar-refractivity contribution is 5.86. The van der Waals surface area contributed by atoms with Crippen molar-refractivity contribution in [3.8, 4) is 0 Å². The zero-order valence-electron chi connectivity index (χ0n) is 11.0. The summed E-state index contributed by atoms with van der Waals surface area (Å²) in [6.07, 6.45) is 1.10. The van der Waals surface area contributed by atoms with E-state index < -0.39 is 6.10 Å². The number of fused-ring (bicyclic) bond motifs is 1. The number of nitrogens with one attached hydrogen (secondary N) is 1. The Morgan fingerprint density at radius 3 is 2.83 bits per heavy atom. The van der Waals surface area contributed by atoms with Crippen molar-refractivity contribution in [1.82, 2.24) is 5.32 Å². The molecule has 2 N–H and O–H groups in total. The molecule has 0 saturated carbocycles. The molecule has 0 saturated heterocycles. The highest BCUT2D eigenvalue weighted by Crippen LogP contribution is 2.34. The van der Waals surface area contributed by atoms with E-state index in [4.69, 9.17) is 0 Å². The monoisotopic (exact) mass is 247 g/mol. The molecule has 0 bridgehead atoms. The van der Waals surface area contributed by atoms with Crippen LogP contribution >= 0.6 is 0 Å². The Balaban J connectivity index is 1.81. The van der Waals surface area contributed by atoms with Crippen molar-refractivity contribution in [2.45, 2.75) is 38.7 Å². The van der Waals surface area contributed by atoms with E-state index in [0.29, 0.717) is 12.5 Å². The molecular formula is C15H21NO2. The van der Waals surface area contributed by atoms with Gasteiger partial charge in [-0.25, -0.2) is 0 Å². The second-order valence-corrected chi connectivity index (χ2v) is 5.48. The van der Waals surface area contributed by atoms with Crippen molar-refractivity contribution in [1.29, 1.82) is 0 Å². The molecule has 0 radical (unpaired) electrons. The first-order valence-electron chi connectivity index (χ1n) is 6.61. The van der Waals surface area contributed by atoms with Crippen molar-refractivity contribution in [3.63, 3.8) is 0 Å². The lowest BCUT2D eigenvalue weighted by atomic mass is 9.77. The molecule has 0 aromatic heterocycles. The third kappa shape index (κ3) is 2.91. The minimum atomic E-state index is -0.440. The first-order chi connectivity index (χ1) is 8.58. The van der Waals surface area contributed by atoms with Crippen LogP contribution in [0.4, 0.5) is 0 Å². The summed E-state index contributed by atoms with van der Waals surface area (Å²) in [7, 11) is 0. The summed E-state index contributed by atoms with van der Waals surface area (Å²) in [5.41, 5.74) is 2.40. The Bertz CT molecular complexity index is 428. The van der Waals surface area contributed by atoms with Gasteiger partial charge >= 0.3 is 0 Å². The third-order valence-electron chi connectivity index (χ3n) is 3.43. The summed E-state index contributed by atoms with van der Waals surface area (Å²) in [5, 5.41) is 12.6. The minimum absolute atomic E-state index is 0.0209. The maximum Gasteiger partial charge on any atom is 0.227 e. The predicted octanol–water partition coefficient (Wildman–Crippen LogP) is 1.85. The van der Waals surface area contributed by atoms with E-state index in [1.807, 2.05) is 18.2 Å². The van der Waals surface area contributed by atoms with Crippen molar-refractivity contribution >= 4 is 5.91 Å². The molecule has 0 spiro atoms. The van der Waals surface area contributed by atoms with Crippen LogP contribution in [0.5, 0.6) is 0 Å². The van der Waals surface area contributed by atoms with Crippen LogP contribution in [-0.4, -0.2) is 23.7 Å². The average molecular weight is 247 g/mol. The number of aliphatic hydroxyl groups is 1. The van der Waals surface area contributed by atoms with Crippen LogP contribution in [0.2, 0.25) is 0 Å². The number of aliphatic hydroxyl groups excluding tert-OH is 1. The molecular weight excluding hydrogens is 226 g/mol. The lowest BCUT2D eigenvalue weighted by Crippen LogP contribution is -2.39. The summed E-state index contributed by atoms with van der Waals surface area (Å²) in [5.74, 6) is 0.463.